The van der Waals surface area contributed by atoms with Crippen molar-refractivity contribution in [2.24, 2.45) is 0 Å². The van der Waals surface area contributed by atoms with Gasteiger partial charge in [0.25, 0.3) is 5.91 Å². The van der Waals surface area contributed by atoms with Gasteiger partial charge in [-0.15, -0.1) is 0 Å². The molecule has 2 aromatic rings. The number of hydrogen-bond acceptors (Lipinski definition) is 4. The first-order valence-electron chi connectivity index (χ1n) is 6.61. The summed E-state index contributed by atoms with van der Waals surface area (Å²) in [5.74, 6) is -0.885. The molecule has 108 valence electrons. The van der Waals surface area contributed by atoms with Crippen LogP contribution in [0.3, 0.4) is 0 Å². The lowest BCUT2D eigenvalue weighted by atomic mass is 9.88. The minimum Gasteiger partial charge on any atom is -0.375 e. The molecule has 1 amide bonds. The number of aromatic nitrogens is 2. The molecular weight excluding hydrogens is 270 g/mol. The summed E-state index contributed by atoms with van der Waals surface area (Å²) in [6.07, 6.45) is -0.308. The highest BCUT2D eigenvalue weighted by molar-refractivity contribution is 6.09. The van der Waals surface area contributed by atoms with Crippen LogP contribution in [0.2, 0.25) is 0 Å². The third kappa shape index (κ3) is 1.95. The molecular formula is C15H15N3O3. The topological polar surface area (TPSA) is 95.1 Å². The molecule has 0 aliphatic carbocycles. The number of anilines is 1. The highest BCUT2D eigenvalue weighted by Gasteiger charge is 2.47. The summed E-state index contributed by atoms with van der Waals surface area (Å²) in [6.45, 7) is 3.45. The van der Waals surface area contributed by atoms with Gasteiger partial charge in [0.1, 0.15) is 0 Å². The summed E-state index contributed by atoms with van der Waals surface area (Å²) >= 11 is 0. The number of aliphatic hydroxyl groups is 1. The Bertz CT molecular complexity index is 731. The zero-order valence-corrected chi connectivity index (χ0v) is 11.7. The maximum absolute atomic E-state index is 12.5. The number of nitrogens with zero attached hydrogens (tertiary/aromatic N) is 1. The van der Waals surface area contributed by atoms with E-state index in [0.717, 1.165) is 0 Å². The van der Waals surface area contributed by atoms with Crippen LogP contribution in [0, 0.1) is 13.8 Å². The Balaban J connectivity index is 1.98. The summed E-state index contributed by atoms with van der Waals surface area (Å²) in [5.41, 5.74) is 0.769. The Morgan fingerprint density at radius 2 is 2.05 bits per heavy atom. The van der Waals surface area contributed by atoms with Crippen LogP contribution in [0.25, 0.3) is 0 Å². The number of fused-ring (bicyclic) bond motifs is 1. The Labute approximate surface area is 121 Å². The number of hydrogen-bond donors (Lipinski definition) is 3. The van der Waals surface area contributed by atoms with Crippen LogP contribution in [0.5, 0.6) is 0 Å². The van der Waals surface area contributed by atoms with Gasteiger partial charge >= 0.3 is 0 Å². The lowest BCUT2D eigenvalue weighted by Crippen LogP contribution is -2.36. The zero-order chi connectivity index (χ0) is 15.2. The number of nitrogens with one attached hydrogen (secondary N) is 2. The second kappa shape index (κ2) is 4.53. The molecule has 6 heteroatoms. The van der Waals surface area contributed by atoms with E-state index in [2.05, 4.69) is 15.5 Å². The summed E-state index contributed by atoms with van der Waals surface area (Å²) in [6, 6.07) is 6.83. The van der Waals surface area contributed by atoms with Gasteiger partial charge in [-0.25, -0.2) is 0 Å². The molecule has 0 saturated heterocycles. The number of para-hydroxylation sites is 1. The normalized spacial score (nSPS) is 20.2. The van der Waals surface area contributed by atoms with Crippen molar-refractivity contribution in [1.82, 2.24) is 10.2 Å². The molecule has 0 unspecified atom stereocenters. The van der Waals surface area contributed by atoms with E-state index in [-0.39, 0.29) is 12.2 Å². The van der Waals surface area contributed by atoms with Crippen LogP contribution in [0.15, 0.2) is 24.3 Å². The van der Waals surface area contributed by atoms with Crippen molar-refractivity contribution in [3.05, 3.63) is 46.8 Å². The molecule has 3 N–H and O–H groups in total. The van der Waals surface area contributed by atoms with E-state index in [0.29, 0.717) is 28.2 Å². The van der Waals surface area contributed by atoms with Gasteiger partial charge in [0.2, 0.25) is 0 Å². The van der Waals surface area contributed by atoms with Crippen molar-refractivity contribution in [1.29, 1.82) is 0 Å². The second-order valence-corrected chi connectivity index (χ2v) is 5.27. The maximum atomic E-state index is 12.5. The van der Waals surface area contributed by atoms with Gasteiger partial charge in [-0.2, -0.15) is 5.10 Å². The Hall–Kier alpha value is -2.47. The summed E-state index contributed by atoms with van der Waals surface area (Å²) < 4.78 is 0. The molecule has 21 heavy (non-hydrogen) atoms. The molecule has 2 heterocycles. The smallest absolute Gasteiger partial charge is 0.261 e. The van der Waals surface area contributed by atoms with Crippen molar-refractivity contribution in [3.63, 3.8) is 0 Å². The van der Waals surface area contributed by atoms with E-state index in [1.807, 2.05) is 0 Å². The predicted molar refractivity (Wildman–Crippen MR) is 76.0 cm³/mol. The number of benzene rings is 1. The van der Waals surface area contributed by atoms with E-state index in [1.165, 1.54) is 0 Å². The molecule has 0 radical (unpaired) electrons. The number of amides is 1. The van der Waals surface area contributed by atoms with Crippen LogP contribution < -0.4 is 5.32 Å². The Morgan fingerprint density at radius 1 is 1.33 bits per heavy atom. The molecule has 0 bridgehead atoms. The van der Waals surface area contributed by atoms with Crippen molar-refractivity contribution < 1.29 is 14.7 Å². The maximum Gasteiger partial charge on any atom is 0.261 e. The van der Waals surface area contributed by atoms with E-state index in [4.69, 9.17) is 0 Å². The summed E-state index contributed by atoms with van der Waals surface area (Å²) in [4.78, 5) is 24.6. The van der Waals surface area contributed by atoms with Gasteiger partial charge in [-0.05, 0) is 19.9 Å². The highest BCUT2D eigenvalue weighted by Crippen LogP contribution is 2.39. The lowest BCUT2D eigenvalue weighted by molar-refractivity contribution is -0.133. The van der Waals surface area contributed by atoms with E-state index < -0.39 is 11.5 Å². The van der Waals surface area contributed by atoms with Crippen LogP contribution in [-0.4, -0.2) is 27.0 Å². The number of ketones is 1. The highest BCUT2D eigenvalue weighted by atomic mass is 16.3. The summed E-state index contributed by atoms with van der Waals surface area (Å²) in [5, 5.41) is 20.0. The fraction of sp³-hybridized carbons (Fsp3) is 0.267. The number of Topliss-reactive ketones (excluding diaryl/α,β-unsaturated/α-hetero) is 1. The van der Waals surface area contributed by atoms with Crippen LogP contribution in [0.4, 0.5) is 5.69 Å². The van der Waals surface area contributed by atoms with E-state index in [9.17, 15) is 14.7 Å². The second-order valence-electron chi connectivity index (χ2n) is 5.27. The molecule has 3 rings (SSSR count). The molecule has 1 aromatic heterocycles. The molecule has 1 aliphatic rings. The minimum atomic E-state index is -1.83. The molecule has 0 fully saturated rings. The Kier molecular flexibility index (Phi) is 2.91. The van der Waals surface area contributed by atoms with Gasteiger partial charge in [0.15, 0.2) is 11.4 Å². The number of carbonyl (C=O) groups is 2. The molecule has 1 aromatic carbocycles. The summed E-state index contributed by atoms with van der Waals surface area (Å²) in [7, 11) is 0. The average Bonchev–Trinajstić information content (AvgIpc) is 2.89. The lowest BCUT2D eigenvalue weighted by Gasteiger charge is -2.19. The van der Waals surface area contributed by atoms with Crippen molar-refractivity contribution in [3.8, 4) is 0 Å². The first kappa shape index (κ1) is 13.5. The number of carbonyl (C=O) groups excluding carboxylic acids is 2. The van der Waals surface area contributed by atoms with Crippen molar-refractivity contribution in [2.75, 3.05) is 5.32 Å². The molecule has 0 saturated carbocycles. The number of rotatable bonds is 3. The Morgan fingerprint density at radius 3 is 2.71 bits per heavy atom. The average molecular weight is 285 g/mol. The fourth-order valence-corrected chi connectivity index (χ4v) is 2.76. The largest absolute Gasteiger partial charge is 0.375 e. The van der Waals surface area contributed by atoms with E-state index >= 15 is 0 Å². The molecule has 0 spiro atoms. The third-order valence-corrected chi connectivity index (χ3v) is 3.82. The fourth-order valence-electron chi connectivity index (χ4n) is 2.76. The van der Waals surface area contributed by atoms with Gasteiger partial charge in [-0.3, -0.25) is 14.7 Å². The van der Waals surface area contributed by atoms with Crippen LogP contribution in [0.1, 0.15) is 33.7 Å². The van der Waals surface area contributed by atoms with Crippen LogP contribution >= 0.6 is 0 Å². The number of aryl methyl sites for hydroxylation is 2. The predicted octanol–water partition coefficient (Wildman–Crippen LogP) is 1.44. The number of aromatic amines is 1. The SMILES string of the molecule is Cc1n[nH]c(C)c1C(=O)C[C@]1(O)C(=O)Nc2ccccc21. The number of H-pyrrole nitrogens is 1. The zero-order valence-electron chi connectivity index (χ0n) is 11.7. The molecule has 1 atom stereocenters. The van der Waals surface area contributed by atoms with Crippen molar-refractivity contribution in [2.45, 2.75) is 25.9 Å². The third-order valence-electron chi connectivity index (χ3n) is 3.82. The standard InChI is InChI=1S/C15H15N3O3/c1-8-13(9(2)18-17-8)12(19)7-15(21)10-5-3-4-6-11(10)16-14(15)20/h3-6,21H,7H2,1-2H3,(H,16,20)(H,17,18)/t15-/m1/s1. The van der Waals surface area contributed by atoms with Gasteiger partial charge in [0, 0.05) is 16.9 Å². The van der Waals surface area contributed by atoms with Gasteiger partial charge < -0.3 is 10.4 Å². The van der Waals surface area contributed by atoms with Gasteiger partial charge in [-0.1, -0.05) is 18.2 Å². The van der Waals surface area contributed by atoms with Crippen LogP contribution in [-0.2, 0) is 10.4 Å². The molecule has 1 aliphatic heterocycles. The van der Waals surface area contributed by atoms with Gasteiger partial charge in [0.05, 0.1) is 17.7 Å². The minimum absolute atomic E-state index is 0.308. The monoisotopic (exact) mass is 285 g/mol. The van der Waals surface area contributed by atoms with E-state index in [1.54, 1.807) is 38.1 Å². The quantitative estimate of drug-likeness (QED) is 0.744. The van der Waals surface area contributed by atoms with Crippen molar-refractivity contribution >= 4 is 17.4 Å². The first-order chi connectivity index (χ1) is 9.93. The molecule has 6 nitrogen and oxygen atoms in total. The first-order valence-corrected chi connectivity index (χ1v) is 6.61.